The smallest absolute Gasteiger partial charge is 0.200 e. The first-order valence-corrected chi connectivity index (χ1v) is 4.56. The van der Waals surface area contributed by atoms with Crippen LogP contribution in [0.3, 0.4) is 0 Å². The van der Waals surface area contributed by atoms with Crippen molar-refractivity contribution in [3.63, 3.8) is 0 Å². The first-order chi connectivity index (χ1) is 6.65. The summed E-state index contributed by atoms with van der Waals surface area (Å²) in [5.74, 6) is 2.82. The second-order valence-corrected chi connectivity index (χ2v) is 3.01. The predicted octanol–water partition coefficient (Wildman–Crippen LogP) is 2.34. The van der Waals surface area contributed by atoms with E-state index in [-0.39, 0.29) is 5.56 Å². The van der Waals surface area contributed by atoms with Gasteiger partial charge in [0.05, 0.1) is 0 Å². The molecular weight excluding hydrogens is 206 g/mol. The average molecular weight is 214 g/mol. The van der Waals surface area contributed by atoms with Crippen LogP contribution in [0.4, 0.5) is 8.78 Å². The van der Waals surface area contributed by atoms with Crippen molar-refractivity contribution in [1.82, 2.24) is 0 Å². The molecule has 0 aromatic heterocycles. The Balaban J connectivity index is 2.97. The zero-order valence-corrected chi connectivity index (χ0v) is 8.11. The fourth-order valence-electron chi connectivity index (χ4n) is 0.867. The molecule has 0 amide bonds. The minimum Gasteiger partial charge on any atom is -0.505 e. The minimum atomic E-state index is -1.25. The SMILES string of the molecule is Oc1cc(C#CCCS)cc(F)c1F. The third-order valence-corrected chi connectivity index (χ3v) is 1.70. The van der Waals surface area contributed by atoms with Gasteiger partial charge in [0.25, 0.3) is 0 Å². The molecule has 1 rings (SSSR count). The second-order valence-electron chi connectivity index (χ2n) is 2.57. The van der Waals surface area contributed by atoms with Crippen molar-refractivity contribution in [2.24, 2.45) is 0 Å². The van der Waals surface area contributed by atoms with Crippen molar-refractivity contribution >= 4 is 12.6 Å². The molecule has 0 aliphatic heterocycles. The number of phenolic OH excluding ortho intramolecular Hbond substituents is 1. The number of phenols is 1. The van der Waals surface area contributed by atoms with Gasteiger partial charge in [-0.15, -0.1) is 0 Å². The van der Waals surface area contributed by atoms with Crippen LogP contribution in [-0.2, 0) is 0 Å². The lowest BCUT2D eigenvalue weighted by Gasteiger charge is -1.97. The van der Waals surface area contributed by atoms with E-state index >= 15 is 0 Å². The lowest BCUT2D eigenvalue weighted by atomic mass is 10.2. The molecule has 0 unspecified atom stereocenters. The van der Waals surface area contributed by atoms with Crippen LogP contribution in [0.25, 0.3) is 0 Å². The van der Waals surface area contributed by atoms with Gasteiger partial charge < -0.3 is 5.11 Å². The number of thiol groups is 1. The number of rotatable bonds is 1. The Hall–Kier alpha value is -1.21. The highest BCUT2D eigenvalue weighted by molar-refractivity contribution is 7.80. The van der Waals surface area contributed by atoms with Gasteiger partial charge in [0.15, 0.2) is 17.4 Å². The van der Waals surface area contributed by atoms with Crippen LogP contribution in [0.2, 0.25) is 0 Å². The fraction of sp³-hybridized carbons (Fsp3) is 0.200. The molecule has 1 aromatic carbocycles. The van der Waals surface area contributed by atoms with E-state index < -0.39 is 17.4 Å². The quantitative estimate of drug-likeness (QED) is 0.543. The summed E-state index contributed by atoms with van der Waals surface area (Å²) in [4.78, 5) is 0. The zero-order chi connectivity index (χ0) is 10.6. The van der Waals surface area contributed by atoms with Gasteiger partial charge in [0.1, 0.15) is 0 Å². The van der Waals surface area contributed by atoms with Crippen molar-refractivity contribution in [3.8, 4) is 17.6 Å². The first kappa shape index (κ1) is 10.9. The van der Waals surface area contributed by atoms with E-state index in [0.717, 1.165) is 12.1 Å². The Kier molecular flexibility index (Phi) is 3.78. The van der Waals surface area contributed by atoms with Gasteiger partial charge in [-0.05, 0) is 12.1 Å². The molecule has 74 valence electrons. The predicted molar refractivity (Wildman–Crippen MR) is 53.4 cm³/mol. The van der Waals surface area contributed by atoms with Crippen LogP contribution >= 0.6 is 12.6 Å². The van der Waals surface area contributed by atoms with Crippen LogP contribution < -0.4 is 0 Å². The molecule has 0 saturated heterocycles. The summed E-state index contributed by atoms with van der Waals surface area (Å²) in [6.07, 6.45) is 0.558. The summed E-state index contributed by atoms with van der Waals surface area (Å²) >= 11 is 3.94. The highest BCUT2D eigenvalue weighted by Gasteiger charge is 2.07. The van der Waals surface area contributed by atoms with Gasteiger partial charge >= 0.3 is 0 Å². The van der Waals surface area contributed by atoms with Crippen molar-refractivity contribution in [2.45, 2.75) is 6.42 Å². The van der Waals surface area contributed by atoms with Gasteiger partial charge in [0, 0.05) is 17.7 Å². The molecule has 4 heteroatoms. The standard InChI is InChI=1S/C10H8F2OS/c11-8-5-7(3-1-2-4-14)6-9(13)10(8)12/h5-6,13-14H,2,4H2. The Labute approximate surface area is 86.2 Å². The van der Waals surface area contributed by atoms with Crippen molar-refractivity contribution in [3.05, 3.63) is 29.3 Å². The summed E-state index contributed by atoms with van der Waals surface area (Å²) < 4.78 is 25.3. The fourth-order valence-corrected chi connectivity index (χ4v) is 0.979. The molecule has 0 atom stereocenters. The summed E-state index contributed by atoms with van der Waals surface area (Å²) in [5, 5.41) is 8.94. The van der Waals surface area contributed by atoms with E-state index in [1.807, 2.05) is 0 Å². The van der Waals surface area contributed by atoms with Crippen LogP contribution in [0.1, 0.15) is 12.0 Å². The van der Waals surface area contributed by atoms with Gasteiger partial charge in [0.2, 0.25) is 0 Å². The third kappa shape index (κ3) is 2.64. The number of hydrogen-bond donors (Lipinski definition) is 2. The summed E-state index contributed by atoms with van der Waals surface area (Å²) in [5.41, 5.74) is 0.253. The molecular formula is C10H8F2OS. The van der Waals surface area contributed by atoms with E-state index in [1.54, 1.807) is 0 Å². The summed E-state index contributed by atoms with van der Waals surface area (Å²) in [6, 6.07) is 2.03. The van der Waals surface area contributed by atoms with Crippen molar-refractivity contribution in [2.75, 3.05) is 5.75 Å². The largest absolute Gasteiger partial charge is 0.505 e. The molecule has 1 N–H and O–H groups in total. The molecule has 14 heavy (non-hydrogen) atoms. The van der Waals surface area contributed by atoms with Crippen LogP contribution in [0.15, 0.2) is 12.1 Å². The molecule has 0 bridgehead atoms. The molecule has 1 aromatic rings. The first-order valence-electron chi connectivity index (χ1n) is 3.93. The molecule has 0 saturated carbocycles. The van der Waals surface area contributed by atoms with E-state index in [2.05, 4.69) is 24.5 Å². The van der Waals surface area contributed by atoms with Crippen LogP contribution in [0.5, 0.6) is 5.75 Å². The van der Waals surface area contributed by atoms with E-state index in [1.165, 1.54) is 0 Å². The lowest BCUT2D eigenvalue weighted by Crippen LogP contribution is -1.86. The van der Waals surface area contributed by atoms with E-state index in [9.17, 15) is 8.78 Å². The normalized spacial score (nSPS) is 9.36. The van der Waals surface area contributed by atoms with Crippen LogP contribution in [0, 0.1) is 23.5 Å². The van der Waals surface area contributed by atoms with Crippen molar-refractivity contribution in [1.29, 1.82) is 0 Å². The Morgan fingerprint density at radius 3 is 2.64 bits per heavy atom. The molecule has 0 radical (unpaired) electrons. The van der Waals surface area contributed by atoms with E-state index in [0.29, 0.717) is 12.2 Å². The maximum absolute atomic E-state index is 12.7. The highest BCUT2D eigenvalue weighted by Crippen LogP contribution is 2.19. The molecule has 0 aliphatic rings. The zero-order valence-electron chi connectivity index (χ0n) is 7.22. The molecule has 0 aliphatic carbocycles. The minimum absolute atomic E-state index is 0.253. The molecule has 0 heterocycles. The maximum Gasteiger partial charge on any atom is 0.200 e. The lowest BCUT2D eigenvalue weighted by molar-refractivity contribution is 0.407. The van der Waals surface area contributed by atoms with Gasteiger partial charge in [-0.3, -0.25) is 0 Å². The Morgan fingerprint density at radius 1 is 1.36 bits per heavy atom. The third-order valence-electron chi connectivity index (χ3n) is 1.48. The molecule has 0 spiro atoms. The summed E-state index contributed by atoms with van der Waals surface area (Å²) in [6.45, 7) is 0. The molecule has 0 fully saturated rings. The Morgan fingerprint density at radius 2 is 2.07 bits per heavy atom. The Bertz CT molecular complexity index is 370. The second kappa shape index (κ2) is 4.87. The number of aromatic hydroxyl groups is 1. The van der Waals surface area contributed by atoms with Gasteiger partial charge in [-0.25, -0.2) is 4.39 Å². The van der Waals surface area contributed by atoms with Gasteiger partial charge in [-0.1, -0.05) is 11.8 Å². The number of benzene rings is 1. The van der Waals surface area contributed by atoms with Crippen molar-refractivity contribution < 1.29 is 13.9 Å². The van der Waals surface area contributed by atoms with Crippen LogP contribution in [-0.4, -0.2) is 10.9 Å². The highest BCUT2D eigenvalue weighted by atomic mass is 32.1. The monoisotopic (exact) mass is 214 g/mol. The maximum atomic E-state index is 12.7. The van der Waals surface area contributed by atoms with Gasteiger partial charge in [-0.2, -0.15) is 17.0 Å². The molecule has 1 nitrogen and oxygen atoms in total. The average Bonchev–Trinajstić information content (AvgIpc) is 2.14. The summed E-state index contributed by atoms with van der Waals surface area (Å²) in [7, 11) is 0. The number of halogens is 2. The topological polar surface area (TPSA) is 20.2 Å². The van der Waals surface area contributed by atoms with E-state index in [4.69, 9.17) is 5.11 Å². The number of hydrogen-bond acceptors (Lipinski definition) is 2.